The van der Waals surface area contributed by atoms with Gasteiger partial charge < -0.3 is 4.57 Å². The summed E-state index contributed by atoms with van der Waals surface area (Å²) in [4.78, 5) is 12.2. The van der Waals surface area contributed by atoms with Crippen LogP contribution in [-0.4, -0.2) is 20.7 Å². The standard InChI is InChI=1S/C16H16N4OS/c1-10-4-5-11(2)20(10)14-8-6-13(7-9-14)15(21)17-16-19-18-12(3)22-16/h4-9H,1-3H3,(H,17,19,21). The first kappa shape index (κ1) is 14.5. The van der Waals surface area contributed by atoms with Crippen molar-refractivity contribution in [3.63, 3.8) is 0 Å². The van der Waals surface area contributed by atoms with Crippen LogP contribution >= 0.6 is 11.3 Å². The minimum absolute atomic E-state index is 0.177. The molecule has 0 radical (unpaired) electrons. The number of anilines is 1. The minimum atomic E-state index is -0.177. The Bertz CT molecular complexity index is 798. The summed E-state index contributed by atoms with van der Waals surface area (Å²) in [6.07, 6.45) is 0. The third kappa shape index (κ3) is 2.78. The first-order valence-corrected chi connectivity index (χ1v) is 7.73. The van der Waals surface area contributed by atoms with Gasteiger partial charge in [-0.25, -0.2) is 0 Å². The summed E-state index contributed by atoms with van der Waals surface area (Å²) < 4.78 is 2.15. The molecule has 1 aromatic carbocycles. The van der Waals surface area contributed by atoms with E-state index in [1.165, 1.54) is 22.7 Å². The highest BCUT2D eigenvalue weighted by Gasteiger charge is 2.10. The number of aryl methyl sites for hydroxylation is 3. The van der Waals surface area contributed by atoms with Gasteiger partial charge in [-0.3, -0.25) is 10.1 Å². The molecule has 0 bridgehead atoms. The SMILES string of the molecule is Cc1nnc(NC(=O)c2ccc(-n3c(C)ccc3C)cc2)s1. The van der Waals surface area contributed by atoms with Crippen LogP contribution in [0.4, 0.5) is 5.13 Å². The van der Waals surface area contributed by atoms with Gasteiger partial charge in [0.05, 0.1) is 0 Å². The van der Waals surface area contributed by atoms with Gasteiger partial charge in [0.25, 0.3) is 5.91 Å². The van der Waals surface area contributed by atoms with Crippen molar-refractivity contribution in [1.29, 1.82) is 0 Å². The molecule has 0 atom stereocenters. The fraction of sp³-hybridized carbons (Fsp3) is 0.188. The van der Waals surface area contributed by atoms with Gasteiger partial charge in [-0.1, -0.05) is 11.3 Å². The Balaban J connectivity index is 1.81. The number of rotatable bonds is 3. The molecule has 2 aromatic heterocycles. The number of amides is 1. The van der Waals surface area contributed by atoms with Gasteiger partial charge in [-0.2, -0.15) is 0 Å². The normalized spacial score (nSPS) is 10.7. The largest absolute Gasteiger partial charge is 0.319 e. The third-order valence-corrected chi connectivity index (χ3v) is 4.16. The van der Waals surface area contributed by atoms with Crippen molar-refractivity contribution in [2.45, 2.75) is 20.8 Å². The third-order valence-electron chi connectivity index (χ3n) is 3.41. The van der Waals surface area contributed by atoms with Crippen molar-refractivity contribution in [3.05, 3.63) is 58.4 Å². The smallest absolute Gasteiger partial charge is 0.257 e. The zero-order valence-corrected chi connectivity index (χ0v) is 13.4. The lowest BCUT2D eigenvalue weighted by Crippen LogP contribution is -2.11. The second-order valence-electron chi connectivity index (χ2n) is 5.08. The van der Waals surface area contributed by atoms with Gasteiger partial charge in [-0.05, 0) is 57.2 Å². The van der Waals surface area contributed by atoms with Crippen molar-refractivity contribution in [2.24, 2.45) is 0 Å². The average molecular weight is 312 g/mol. The minimum Gasteiger partial charge on any atom is -0.319 e. The van der Waals surface area contributed by atoms with Gasteiger partial charge in [0, 0.05) is 22.6 Å². The lowest BCUT2D eigenvalue weighted by atomic mass is 10.2. The molecular formula is C16H16N4OS. The zero-order chi connectivity index (χ0) is 15.7. The molecule has 1 amide bonds. The molecule has 0 unspecified atom stereocenters. The molecule has 0 spiro atoms. The molecule has 1 N–H and O–H groups in total. The molecular weight excluding hydrogens is 296 g/mol. The van der Waals surface area contributed by atoms with Crippen LogP contribution < -0.4 is 5.32 Å². The number of benzene rings is 1. The molecule has 5 nitrogen and oxygen atoms in total. The van der Waals surface area contributed by atoms with E-state index in [0.717, 1.165) is 10.7 Å². The van der Waals surface area contributed by atoms with Crippen LogP contribution in [0.1, 0.15) is 26.8 Å². The van der Waals surface area contributed by atoms with Crippen LogP contribution in [0, 0.1) is 20.8 Å². The number of hydrogen-bond donors (Lipinski definition) is 1. The summed E-state index contributed by atoms with van der Waals surface area (Å²) in [5.41, 5.74) is 3.97. The topological polar surface area (TPSA) is 59.8 Å². The molecule has 3 rings (SSSR count). The van der Waals surface area contributed by atoms with Crippen molar-refractivity contribution in [2.75, 3.05) is 5.32 Å². The number of carbonyl (C=O) groups is 1. The van der Waals surface area contributed by atoms with Crippen molar-refractivity contribution in [1.82, 2.24) is 14.8 Å². The van der Waals surface area contributed by atoms with Crippen LogP contribution in [0.3, 0.4) is 0 Å². The van der Waals surface area contributed by atoms with Crippen molar-refractivity contribution < 1.29 is 4.79 Å². The molecule has 0 aliphatic heterocycles. The number of carbonyl (C=O) groups excluding carboxylic acids is 1. The van der Waals surface area contributed by atoms with Gasteiger partial charge in [0.1, 0.15) is 5.01 Å². The fourth-order valence-electron chi connectivity index (χ4n) is 2.35. The molecule has 0 aliphatic carbocycles. The predicted octanol–water partition coefficient (Wildman–Crippen LogP) is 3.51. The Morgan fingerprint density at radius 1 is 1.00 bits per heavy atom. The maximum absolute atomic E-state index is 12.2. The summed E-state index contributed by atoms with van der Waals surface area (Å²) in [6.45, 7) is 5.97. The summed E-state index contributed by atoms with van der Waals surface area (Å²) in [5, 5.41) is 11.9. The van der Waals surface area contributed by atoms with Crippen LogP contribution in [0.25, 0.3) is 5.69 Å². The monoisotopic (exact) mass is 312 g/mol. The lowest BCUT2D eigenvalue weighted by molar-refractivity contribution is 0.102. The molecule has 0 saturated carbocycles. The van der Waals surface area contributed by atoms with E-state index in [1.54, 1.807) is 0 Å². The molecule has 112 valence electrons. The average Bonchev–Trinajstić information content (AvgIpc) is 3.05. The van der Waals surface area contributed by atoms with Gasteiger partial charge >= 0.3 is 0 Å². The second-order valence-corrected chi connectivity index (χ2v) is 6.26. The van der Waals surface area contributed by atoms with Crippen molar-refractivity contribution in [3.8, 4) is 5.69 Å². The first-order chi connectivity index (χ1) is 10.5. The van der Waals surface area contributed by atoms with E-state index in [-0.39, 0.29) is 5.91 Å². The Hall–Kier alpha value is -2.47. The number of hydrogen-bond acceptors (Lipinski definition) is 4. The van der Waals surface area contributed by atoms with Gasteiger partial charge in [0.15, 0.2) is 0 Å². The van der Waals surface area contributed by atoms with Crippen LogP contribution in [0.15, 0.2) is 36.4 Å². The van der Waals surface area contributed by atoms with Crippen LogP contribution in [0.2, 0.25) is 0 Å². The molecule has 0 aliphatic rings. The van der Waals surface area contributed by atoms with E-state index in [2.05, 4.69) is 46.1 Å². The summed E-state index contributed by atoms with van der Waals surface area (Å²) in [7, 11) is 0. The molecule has 2 heterocycles. The van der Waals surface area contributed by atoms with Crippen LogP contribution in [-0.2, 0) is 0 Å². The molecule has 0 fully saturated rings. The van der Waals surface area contributed by atoms with Crippen LogP contribution in [0.5, 0.6) is 0 Å². The number of aromatic nitrogens is 3. The maximum atomic E-state index is 12.2. The predicted molar refractivity (Wildman–Crippen MR) is 87.8 cm³/mol. The quantitative estimate of drug-likeness (QED) is 0.805. The summed E-state index contributed by atoms with van der Waals surface area (Å²) in [6, 6.07) is 11.7. The Morgan fingerprint density at radius 3 is 2.18 bits per heavy atom. The highest BCUT2D eigenvalue weighted by molar-refractivity contribution is 7.15. The summed E-state index contributed by atoms with van der Waals surface area (Å²) in [5.74, 6) is -0.177. The van der Waals surface area contributed by atoms with E-state index < -0.39 is 0 Å². The molecule has 6 heteroatoms. The fourth-order valence-corrected chi connectivity index (χ4v) is 2.94. The van der Waals surface area contributed by atoms with Gasteiger partial charge in [0.2, 0.25) is 5.13 Å². The van der Waals surface area contributed by atoms with E-state index in [4.69, 9.17) is 0 Å². The maximum Gasteiger partial charge on any atom is 0.257 e. The number of nitrogens with one attached hydrogen (secondary N) is 1. The second kappa shape index (κ2) is 5.73. The summed E-state index contributed by atoms with van der Waals surface area (Å²) >= 11 is 1.36. The van der Waals surface area contributed by atoms with E-state index in [0.29, 0.717) is 10.7 Å². The van der Waals surface area contributed by atoms with Crippen molar-refractivity contribution >= 4 is 22.4 Å². The first-order valence-electron chi connectivity index (χ1n) is 6.91. The lowest BCUT2D eigenvalue weighted by Gasteiger charge is -2.10. The Morgan fingerprint density at radius 2 is 1.64 bits per heavy atom. The number of nitrogens with zero attached hydrogens (tertiary/aromatic N) is 3. The van der Waals surface area contributed by atoms with E-state index in [9.17, 15) is 4.79 Å². The molecule has 3 aromatic rings. The Labute approximate surface area is 132 Å². The Kier molecular flexibility index (Phi) is 3.77. The molecule has 22 heavy (non-hydrogen) atoms. The van der Waals surface area contributed by atoms with Gasteiger partial charge in [-0.15, -0.1) is 10.2 Å². The highest BCUT2D eigenvalue weighted by atomic mass is 32.1. The zero-order valence-electron chi connectivity index (χ0n) is 12.6. The van der Waals surface area contributed by atoms with E-state index in [1.807, 2.05) is 31.2 Å². The molecule has 0 saturated heterocycles. The highest BCUT2D eigenvalue weighted by Crippen LogP contribution is 2.18. The van der Waals surface area contributed by atoms with E-state index >= 15 is 0 Å².